The van der Waals surface area contributed by atoms with Crippen LogP contribution in [0, 0.1) is 0 Å². The van der Waals surface area contributed by atoms with Crippen LogP contribution in [0.2, 0.25) is 0 Å². The minimum Gasteiger partial charge on any atom is -0.409 e. The summed E-state index contributed by atoms with van der Waals surface area (Å²) in [5.41, 5.74) is 4.50. The van der Waals surface area contributed by atoms with Gasteiger partial charge >= 0.3 is 0 Å². The van der Waals surface area contributed by atoms with Gasteiger partial charge in [0, 0.05) is 20.1 Å². The fourth-order valence-electron chi connectivity index (χ4n) is 0.989. The molecular formula is C10H21N3O3. The van der Waals surface area contributed by atoms with E-state index in [1.54, 1.807) is 13.8 Å². The number of amidine groups is 1. The van der Waals surface area contributed by atoms with Crippen molar-refractivity contribution in [3.8, 4) is 0 Å². The maximum atomic E-state index is 11.5. The van der Waals surface area contributed by atoms with Crippen LogP contribution in [-0.4, -0.2) is 36.2 Å². The van der Waals surface area contributed by atoms with Gasteiger partial charge in [0.1, 0.15) is 11.4 Å². The summed E-state index contributed by atoms with van der Waals surface area (Å²) in [5.74, 6) is 0.0716. The van der Waals surface area contributed by atoms with Crippen LogP contribution in [0.4, 0.5) is 0 Å². The molecule has 6 heteroatoms. The Labute approximate surface area is 95.8 Å². The number of carbonyl (C=O) groups excluding carboxylic acids is 1. The van der Waals surface area contributed by atoms with Crippen molar-refractivity contribution in [1.82, 2.24) is 5.32 Å². The summed E-state index contributed by atoms with van der Waals surface area (Å²) >= 11 is 0. The number of unbranched alkanes of at least 4 members (excludes halogenated alkanes) is 1. The maximum absolute atomic E-state index is 11.5. The summed E-state index contributed by atoms with van der Waals surface area (Å²) in [5, 5.41) is 13.9. The highest BCUT2D eigenvalue weighted by Gasteiger charge is 2.25. The van der Waals surface area contributed by atoms with Gasteiger partial charge < -0.3 is 21.0 Å². The molecular weight excluding hydrogens is 210 g/mol. The third-order valence-corrected chi connectivity index (χ3v) is 2.33. The number of nitrogens with one attached hydrogen (secondary N) is 1. The van der Waals surface area contributed by atoms with Gasteiger partial charge in [-0.15, -0.1) is 0 Å². The Morgan fingerprint density at radius 3 is 2.62 bits per heavy atom. The van der Waals surface area contributed by atoms with Crippen molar-refractivity contribution in [1.29, 1.82) is 0 Å². The molecule has 0 aromatic heterocycles. The highest BCUT2D eigenvalue weighted by Crippen LogP contribution is 2.06. The number of amides is 1. The number of hydrogen-bond donors (Lipinski definition) is 3. The van der Waals surface area contributed by atoms with E-state index < -0.39 is 5.60 Å². The molecule has 0 fully saturated rings. The molecule has 94 valence electrons. The molecule has 4 N–H and O–H groups in total. The lowest BCUT2D eigenvalue weighted by atomic mass is 10.1. The lowest BCUT2D eigenvalue weighted by molar-refractivity contribution is -0.139. The third-order valence-electron chi connectivity index (χ3n) is 2.33. The first-order chi connectivity index (χ1) is 7.44. The van der Waals surface area contributed by atoms with Crippen molar-refractivity contribution in [2.24, 2.45) is 10.9 Å². The predicted molar refractivity (Wildman–Crippen MR) is 61.4 cm³/mol. The lowest BCUT2D eigenvalue weighted by Gasteiger charge is -2.21. The largest absolute Gasteiger partial charge is 0.409 e. The standard InChI is InChI=1S/C10H21N3O3/c1-10(2,16-3)9(14)12-7-5-4-6-8(11)13-15/h15H,4-7H2,1-3H3,(H2,11,13)(H,12,14). The number of nitrogens with zero attached hydrogens (tertiary/aromatic N) is 1. The zero-order valence-electron chi connectivity index (χ0n) is 10.1. The molecule has 0 saturated heterocycles. The number of nitrogens with two attached hydrogens (primary N) is 1. The Kier molecular flexibility index (Phi) is 6.48. The first-order valence-electron chi connectivity index (χ1n) is 5.24. The van der Waals surface area contributed by atoms with E-state index in [9.17, 15) is 4.79 Å². The van der Waals surface area contributed by atoms with Gasteiger partial charge in [-0.25, -0.2) is 0 Å². The molecule has 6 nitrogen and oxygen atoms in total. The quantitative estimate of drug-likeness (QED) is 0.195. The van der Waals surface area contributed by atoms with Crippen LogP contribution >= 0.6 is 0 Å². The number of methoxy groups -OCH3 is 1. The van der Waals surface area contributed by atoms with Crippen LogP contribution in [-0.2, 0) is 9.53 Å². The molecule has 0 aliphatic heterocycles. The van der Waals surface area contributed by atoms with Gasteiger partial charge in [-0.3, -0.25) is 4.79 Å². The molecule has 0 spiro atoms. The minimum atomic E-state index is -0.800. The summed E-state index contributed by atoms with van der Waals surface area (Å²) in [6, 6.07) is 0. The summed E-state index contributed by atoms with van der Waals surface area (Å²) in [4.78, 5) is 11.5. The van der Waals surface area contributed by atoms with E-state index in [-0.39, 0.29) is 11.7 Å². The fourth-order valence-corrected chi connectivity index (χ4v) is 0.989. The molecule has 16 heavy (non-hydrogen) atoms. The van der Waals surface area contributed by atoms with Crippen LogP contribution < -0.4 is 11.1 Å². The van der Waals surface area contributed by atoms with Crippen molar-refractivity contribution in [3.63, 3.8) is 0 Å². The van der Waals surface area contributed by atoms with Gasteiger partial charge in [0.25, 0.3) is 5.91 Å². The molecule has 0 aromatic rings. The van der Waals surface area contributed by atoms with E-state index in [1.165, 1.54) is 7.11 Å². The zero-order valence-corrected chi connectivity index (χ0v) is 10.1. The second-order valence-electron chi connectivity index (χ2n) is 4.02. The van der Waals surface area contributed by atoms with Crippen molar-refractivity contribution in [3.05, 3.63) is 0 Å². The Morgan fingerprint density at radius 2 is 2.12 bits per heavy atom. The number of hydrogen-bond acceptors (Lipinski definition) is 4. The molecule has 0 aromatic carbocycles. The molecule has 0 rings (SSSR count). The highest BCUT2D eigenvalue weighted by molar-refractivity contribution is 5.84. The first-order valence-corrected chi connectivity index (χ1v) is 5.24. The van der Waals surface area contributed by atoms with E-state index >= 15 is 0 Å². The summed E-state index contributed by atoms with van der Waals surface area (Å²) < 4.78 is 5.03. The van der Waals surface area contributed by atoms with E-state index in [4.69, 9.17) is 15.7 Å². The molecule has 1 amide bonds. The molecule has 0 bridgehead atoms. The predicted octanol–water partition coefficient (Wildman–Crippen LogP) is 0.444. The van der Waals surface area contributed by atoms with E-state index in [2.05, 4.69) is 10.5 Å². The van der Waals surface area contributed by atoms with E-state index in [1.807, 2.05) is 0 Å². The van der Waals surface area contributed by atoms with Gasteiger partial charge in [0.2, 0.25) is 0 Å². The second kappa shape index (κ2) is 7.05. The molecule has 0 saturated carbocycles. The van der Waals surface area contributed by atoms with Crippen molar-refractivity contribution >= 4 is 11.7 Å². The average molecular weight is 231 g/mol. The zero-order chi connectivity index (χ0) is 12.6. The Hall–Kier alpha value is -1.30. The Morgan fingerprint density at radius 1 is 1.50 bits per heavy atom. The van der Waals surface area contributed by atoms with Gasteiger partial charge in [-0.05, 0) is 26.7 Å². The Bertz CT molecular complexity index is 252. The van der Waals surface area contributed by atoms with Crippen LogP contribution in [0.15, 0.2) is 5.16 Å². The minimum absolute atomic E-state index is 0.140. The third kappa shape index (κ3) is 5.55. The number of ether oxygens (including phenoxy) is 1. The smallest absolute Gasteiger partial charge is 0.251 e. The van der Waals surface area contributed by atoms with E-state index in [0.717, 1.165) is 12.8 Å². The van der Waals surface area contributed by atoms with Gasteiger partial charge in [-0.2, -0.15) is 0 Å². The van der Waals surface area contributed by atoms with Gasteiger partial charge in [0.15, 0.2) is 0 Å². The number of oxime groups is 1. The SMILES string of the molecule is COC(C)(C)C(=O)NCCCCC(N)=NO. The van der Waals surface area contributed by atoms with Crippen molar-refractivity contribution in [2.75, 3.05) is 13.7 Å². The van der Waals surface area contributed by atoms with Crippen molar-refractivity contribution in [2.45, 2.75) is 38.7 Å². The number of carbonyl (C=O) groups is 1. The van der Waals surface area contributed by atoms with Crippen molar-refractivity contribution < 1.29 is 14.7 Å². The van der Waals surface area contributed by atoms with Crippen LogP contribution in [0.3, 0.4) is 0 Å². The molecule has 0 radical (unpaired) electrons. The van der Waals surface area contributed by atoms with Crippen LogP contribution in [0.5, 0.6) is 0 Å². The fraction of sp³-hybridized carbons (Fsp3) is 0.800. The van der Waals surface area contributed by atoms with Gasteiger partial charge in [-0.1, -0.05) is 5.16 Å². The lowest BCUT2D eigenvalue weighted by Crippen LogP contribution is -2.43. The second-order valence-corrected chi connectivity index (χ2v) is 4.02. The molecule has 0 aliphatic carbocycles. The van der Waals surface area contributed by atoms with Crippen LogP contribution in [0.1, 0.15) is 33.1 Å². The molecule has 0 heterocycles. The summed E-state index contributed by atoms with van der Waals surface area (Å²) in [6.45, 7) is 3.97. The maximum Gasteiger partial charge on any atom is 0.251 e. The topological polar surface area (TPSA) is 96.9 Å². The molecule has 0 atom stereocenters. The average Bonchev–Trinajstić information content (AvgIpc) is 2.27. The molecule has 0 aliphatic rings. The molecule has 0 unspecified atom stereocenters. The Balaban J connectivity index is 3.64. The summed E-state index contributed by atoms with van der Waals surface area (Å²) in [7, 11) is 1.50. The van der Waals surface area contributed by atoms with E-state index in [0.29, 0.717) is 13.0 Å². The summed E-state index contributed by atoms with van der Waals surface area (Å²) in [6.07, 6.45) is 2.07. The van der Waals surface area contributed by atoms with Crippen LogP contribution in [0.25, 0.3) is 0 Å². The number of rotatable bonds is 7. The van der Waals surface area contributed by atoms with Gasteiger partial charge in [0.05, 0.1) is 0 Å². The highest BCUT2D eigenvalue weighted by atomic mass is 16.5. The normalized spacial score (nSPS) is 12.6. The first kappa shape index (κ1) is 14.7. The monoisotopic (exact) mass is 231 g/mol.